The van der Waals surface area contributed by atoms with E-state index in [4.69, 9.17) is 5.73 Å². The SMILES string of the molecule is CCCCCCCC(C)(CCCCC)N1CCC(N)CC1. The van der Waals surface area contributed by atoms with Crippen LogP contribution < -0.4 is 5.73 Å². The molecule has 1 fully saturated rings. The van der Waals surface area contributed by atoms with Crippen molar-refractivity contribution < 1.29 is 0 Å². The average Bonchev–Trinajstić information content (AvgIpc) is 2.48. The van der Waals surface area contributed by atoms with E-state index >= 15 is 0 Å². The molecule has 0 amide bonds. The molecule has 21 heavy (non-hydrogen) atoms. The Kier molecular flexibility index (Phi) is 9.59. The minimum Gasteiger partial charge on any atom is -0.328 e. The summed E-state index contributed by atoms with van der Waals surface area (Å²) in [4.78, 5) is 2.77. The van der Waals surface area contributed by atoms with Crippen molar-refractivity contribution in [3.8, 4) is 0 Å². The summed E-state index contributed by atoms with van der Waals surface area (Å²) in [5.74, 6) is 0. The molecule has 1 heterocycles. The molecular formula is C19H40N2. The molecule has 0 radical (unpaired) electrons. The molecule has 1 unspecified atom stereocenters. The summed E-state index contributed by atoms with van der Waals surface area (Å²) < 4.78 is 0. The molecule has 1 aliphatic rings. The molecule has 0 spiro atoms. The highest BCUT2D eigenvalue weighted by Gasteiger charge is 2.32. The topological polar surface area (TPSA) is 29.3 Å². The van der Waals surface area contributed by atoms with Gasteiger partial charge in [-0.1, -0.05) is 65.2 Å². The van der Waals surface area contributed by atoms with Crippen LogP contribution in [0.25, 0.3) is 0 Å². The Labute approximate surface area is 133 Å². The fraction of sp³-hybridized carbons (Fsp3) is 1.00. The quantitative estimate of drug-likeness (QED) is 0.537. The predicted molar refractivity (Wildman–Crippen MR) is 94.7 cm³/mol. The minimum atomic E-state index is 0.432. The Morgan fingerprint density at radius 2 is 1.33 bits per heavy atom. The summed E-state index contributed by atoms with van der Waals surface area (Å²) >= 11 is 0. The van der Waals surface area contributed by atoms with Crippen LogP contribution in [0.1, 0.15) is 97.8 Å². The van der Waals surface area contributed by atoms with Crippen LogP contribution in [-0.4, -0.2) is 29.6 Å². The Bertz CT molecular complexity index is 246. The lowest BCUT2D eigenvalue weighted by molar-refractivity contribution is 0.0556. The van der Waals surface area contributed by atoms with Crippen LogP contribution in [0.4, 0.5) is 0 Å². The normalized spacial score (nSPS) is 20.6. The smallest absolute Gasteiger partial charge is 0.0181 e. The largest absolute Gasteiger partial charge is 0.328 e. The van der Waals surface area contributed by atoms with Gasteiger partial charge in [0.05, 0.1) is 0 Å². The van der Waals surface area contributed by atoms with E-state index in [0.29, 0.717) is 11.6 Å². The Balaban J connectivity index is 2.44. The molecule has 0 aromatic heterocycles. The fourth-order valence-corrected chi connectivity index (χ4v) is 3.75. The zero-order valence-corrected chi connectivity index (χ0v) is 15.0. The fourth-order valence-electron chi connectivity index (χ4n) is 3.75. The highest BCUT2D eigenvalue weighted by atomic mass is 15.2. The average molecular weight is 297 g/mol. The maximum absolute atomic E-state index is 6.09. The molecule has 0 aromatic carbocycles. The molecule has 1 saturated heterocycles. The van der Waals surface area contributed by atoms with Gasteiger partial charge in [-0.2, -0.15) is 0 Å². The van der Waals surface area contributed by atoms with E-state index in [9.17, 15) is 0 Å². The van der Waals surface area contributed by atoms with Crippen LogP contribution in [0.15, 0.2) is 0 Å². The van der Waals surface area contributed by atoms with Crippen LogP contribution >= 0.6 is 0 Å². The van der Waals surface area contributed by atoms with Gasteiger partial charge in [0, 0.05) is 24.7 Å². The molecule has 2 heteroatoms. The van der Waals surface area contributed by atoms with E-state index in [1.54, 1.807) is 0 Å². The monoisotopic (exact) mass is 296 g/mol. The Morgan fingerprint density at radius 1 is 0.857 bits per heavy atom. The second-order valence-electron chi connectivity index (χ2n) is 7.44. The van der Waals surface area contributed by atoms with Gasteiger partial charge in [0.2, 0.25) is 0 Å². The van der Waals surface area contributed by atoms with Gasteiger partial charge < -0.3 is 5.73 Å². The molecule has 0 aromatic rings. The summed E-state index contributed by atoms with van der Waals surface area (Å²) in [6.45, 7) is 9.57. The number of nitrogens with two attached hydrogens (primary N) is 1. The van der Waals surface area contributed by atoms with Crippen LogP contribution in [-0.2, 0) is 0 Å². The molecule has 1 aliphatic heterocycles. The van der Waals surface area contributed by atoms with Gasteiger partial charge in [-0.3, -0.25) is 4.90 Å². The highest BCUT2D eigenvalue weighted by Crippen LogP contribution is 2.31. The first kappa shape index (κ1) is 19.0. The third kappa shape index (κ3) is 7.15. The third-order valence-corrected chi connectivity index (χ3v) is 5.44. The number of hydrogen-bond donors (Lipinski definition) is 1. The molecule has 1 atom stereocenters. The van der Waals surface area contributed by atoms with E-state index in [1.807, 2.05) is 0 Å². The first-order valence-electron chi connectivity index (χ1n) is 9.63. The zero-order chi connectivity index (χ0) is 15.6. The van der Waals surface area contributed by atoms with Crippen molar-refractivity contribution in [1.82, 2.24) is 4.90 Å². The Hall–Kier alpha value is -0.0800. The highest BCUT2D eigenvalue weighted by molar-refractivity contribution is 4.89. The van der Waals surface area contributed by atoms with Crippen LogP contribution in [0.5, 0.6) is 0 Å². The summed E-state index contributed by atoms with van der Waals surface area (Å²) in [5, 5.41) is 0. The molecule has 2 N–H and O–H groups in total. The second kappa shape index (κ2) is 10.6. The summed E-state index contributed by atoms with van der Waals surface area (Å²) in [6, 6.07) is 0.450. The standard InChI is InChI=1S/C19H40N2/c1-4-6-8-9-11-15-19(3,14-10-7-5-2)21-16-12-18(20)13-17-21/h18H,4-17,20H2,1-3H3. The maximum atomic E-state index is 6.09. The number of nitrogens with zero attached hydrogens (tertiary/aromatic N) is 1. The van der Waals surface area contributed by atoms with E-state index in [-0.39, 0.29) is 0 Å². The number of likely N-dealkylation sites (tertiary alicyclic amines) is 1. The van der Waals surface area contributed by atoms with Gasteiger partial charge in [-0.05, 0) is 32.6 Å². The number of hydrogen-bond acceptors (Lipinski definition) is 2. The van der Waals surface area contributed by atoms with Gasteiger partial charge in [-0.15, -0.1) is 0 Å². The molecule has 0 saturated carbocycles. The third-order valence-electron chi connectivity index (χ3n) is 5.44. The van der Waals surface area contributed by atoms with Crippen LogP contribution in [0, 0.1) is 0 Å². The van der Waals surface area contributed by atoms with Gasteiger partial charge in [-0.25, -0.2) is 0 Å². The van der Waals surface area contributed by atoms with Gasteiger partial charge >= 0.3 is 0 Å². The van der Waals surface area contributed by atoms with Crippen molar-refractivity contribution in [2.45, 2.75) is 109 Å². The van der Waals surface area contributed by atoms with E-state index in [1.165, 1.54) is 90.1 Å². The first-order chi connectivity index (χ1) is 10.1. The lowest BCUT2D eigenvalue weighted by atomic mass is 9.84. The molecule has 0 bridgehead atoms. The maximum Gasteiger partial charge on any atom is 0.0181 e. The van der Waals surface area contributed by atoms with Crippen molar-refractivity contribution in [2.75, 3.05) is 13.1 Å². The number of piperidine rings is 1. The lowest BCUT2D eigenvalue weighted by Crippen LogP contribution is -2.52. The molecule has 2 nitrogen and oxygen atoms in total. The zero-order valence-electron chi connectivity index (χ0n) is 15.0. The molecule has 126 valence electrons. The summed E-state index contributed by atoms with van der Waals surface area (Å²) in [5.41, 5.74) is 6.52. The first-order valence-corrected chi connectivity index (χ1v) is 9.63. The van der Waals surface area contributed by atoms with Gasteiger partial charge in [0.1, 0.15) is 0 Å². The van der Waals surface area contributed by atoms with Crippen LogP contribution in [0.3, 0.4) is 0 Å². The Morgan fingerprint density at radius 3 is 1.90 bits per heavy atom. The van der Waals surface area contributed by atoms with Crippen molar-refractivity contribution in [2.24, 2.45) is 5.73 Å². The summed E-state index contributed by atoms with van der Waals surface area (Å²) in [6.07, 6.45) is 16.3. The van der Waals surface area contributed by atoms with Gasteiger partial charge in [0.15, 0.2) is 0 Å². The van der Waals surface area contributed by atoms with E-state index < -0.39 is 0 Å². The van der Waals surface area contributed by atoms with E-state index in [0.717, 1.165) is 0 Å². The van der Waals surface area contributed by atoms with Crippen molar-refractivity contribution in [3.63, 3.8) is 0 Å². The minimum absolute atomic E-state index is 0.432. The van der Waals surface area contributed by atoms with E-state index in [2.05, 4.69) is 25.7 Å². The van der Waals surface area contributed by atoms with Crippen molar-refractivity contribution in [1.29, 1.82) is 0 Å². The number of unbranched alkanes of at least 4 members (excludes halogenated alkanes) is 6. The van der Waals surface area contributed by atoms with Crippen molar-refractivity contribution >= 4 is 0 Å². The molecular weight excluding hydrogens is 256 g/mol. The van der Waals surface area contributed by atoms with Crippen molar-refractivity contribution in [3.05, 3.63) is 0 Å². The number of rotatable bonds is 11. The lowest BCUT2D eigenvalue weighted by Gasteiger charge is -2.45. The summed E-state index contributed by atoms with van der Waals surface area (Å²) in [7, 11) is 0. The second-order valence-corrected chi connectivity index (χ2v) is 7.44. The predicted octanol–water partition coefficient (Wildman–Crippen LogP) is 5.11. The molecule has 0 aliphatic carbocycles. The van der Waals surface area contributed by atoms with Gasteiger partial charge in [0.25, 0.3) is 0 Å². The van der Waals surface area contributed by atoms with Crippen LogP contribution in [0.2, 0.25) is 0 Å². The molecule has 1 rings (SSSR count).